The third-order valence-corrected chi connectivity index (χ3v) is 2.46. The molecule has 1 amide bonds. The molecule has 0 heterocycles. The van der Waals surface area contributed by atoms with Crippen LogP contribution in [0.4, 0.5) is 10.5 Å². The van der Waals surface area contributed by atoms with Crippen molar-refractivity contribution in [1.29, 1.82) is 5.26 Å². The molecule has 0 aliphatic rings. The molecular formula is C14H10N2O2. The van der Waals surface area contributed by atoms with Crippen LogP contribution in [0.5, 0.6) is 0 Å². The van der Waals surface area contributed by atoms with Gasteiger partial charge in [-0.25, -0.2) is 4.79 Å². The average Bonchev–Trinajstić information content (AvgIpc) is 2.38. The summed E-state index contributed by atoms with van der Waals surface area (Å²) in [5.41, 5.74) is 2.94. The van der Waals surface area contributed by atoms with E-state index in [2.05, 4.69) is 11.4 Å². The Morgan fingerprint density at radius 1 is 1.11 bits per heavy atom. The smallest absolute Gasteiger partial charge is 0.409 e. The van der Waals surface area contributed by atoms with Crippen molar-refractivity contribution in [2.45, 2.75) is 0 Å². The van der Waals surface area contributed by atoms with Crippen LogP contribution in [0.25, 0.3) is 11.1 Å². The van der Waals surface area contributed by atoms with Crippen molar-refractivity contribution >= 4 is 11.8 Å². The van der Waals surface area contributed by atoms with Gasteiger partial charge in [0.15, 0.2) is 0 Å². The van der Waals surface area contributed by atoms with Crippen molar-refractivity contribution in [2.24, 2.45) is 0 Å². The molecule has 0 aliphatic carbocycles. The summed E-state index contributed by atoms with van der Waals surface area (Å²) >= 11 is 0. The molecule has 0 fully saturated rings. The summed E-state index contributed by atoms with van der Waals surface area (Å²) in [6.07, 6.45) is -1.09. The number of carboxylic acid groups (broad SMARTS) is 1. The highest BCUT2D eigenvalue weighted by molar-refractivity contribution is 5.84. The molecule has 0 atom stereocenters. The summed E-state index contributed by atoms with van der Waals surface area (Å²) in [6.45, 7) is 0. The molecule has 0 aromatic heterocycles. The van der Waals surface area contributed by atoms with Crippen LogP contribution in [0.1, 0.15) is 5.56 Å². The molecule has 2 N–H and O–H groups in total. The Hall–Kier alpha value is -2.80. The maximum absolute atomic E-state index is 10.6. The van der Waals surface area contributed by atoms with E-state index in [-0.39, 0.29) is 0 Å². The number of nitriles is 1. The minimum atomic E-state index is -1.09. The molecule has 0 aliphatic heterocycles. The van der Waals surface area contributed by atoms with Gasteiger partial charge in [0, 0.05) is 5.69 Å². The SMILES string of the molecule is N#Cc1ccc(-c2cccc(NC(=O)O)c2)cc1. The summed E-state index contributed by atoms with van der Waals surface area (Å²) in [5.74, 6) is 0. The predicted molar refractivity (Wildman–Crippen MR) is 68.2 cm³/mol. The van der Waals surface area contributed by atoms with Gasteiger partial charge in [-0.05, 0) is 35.4 Å². The van der Waals surface area contributed by atoms with Gasteiger partial charge < -0.3 is 5.11 Å². The van der Waals surface area contributed by atoms with Gasteiger partial charge in [0.05, 0.1) is 11.6 Å². The van der Waals surface area contributed by atoms with E-state index in [1.165, 1.54) is 0 Å². The van der Waals surface area contributed by atoms with Crippen LogP contribution >= 0.6 is 0 Å². The van der Waals surface area contributed by atoms with Crippen LogP contribution in [0.2, 0.25) is 0 Å². The van der Waals surface area contributed by atoms with Crippen LogP contribution in [0, 0.1) is 11.3 Å². The summed E-state index contributed by atoms with van der Waals surface area (Å²) < 4.78 is 0. The first-order chi connectivity index (χ1) is 8.69. The Labute approximate surface area is 104 Å². The third kappa shape index (κ3) is 2.66. The Morgan fingerprint density at radius 2 is 1.83 bits per heavy atom. The van der Waals surface area contributed by atoms with E-state index in [1.54, 1.807) is 30.3 Å². The molecule has 0 spiro atoms. The van der Waals surface area contributed by atoms with Crippen molar-refractivity contribution < 1.29 is 9.90 Å². The van der Waals surface area contributed by atoms with E-state index in [0.29, 0.717) is 11.3 Å². The normalized spacial score (nSPS) is 9.50. The lowest BCUT2D eigenvalue weighted by Gasteiger charge is -2.05. The van der Waals surface area contributed by atoms with Crippen molar-refractivity contribution in [1.82, 2.24) is 0 Å². The molecule has 0 unspecified atom stereocenters. The first kappa shape index (κ1) is 11.7. The van der Waals surface area contributed by atoms with E-state index < -0.39 is 6.09 Å². The molecule has 2 aromatic rings. The molecule has 2 rings (SSSR count). The van der Waals surface area contributed by atoms with E-state index in [1.807, 2.05) is 18.2 Å². The number of rotatable bonds is 2. The lowest BCUT2D eigenvalue weighted by atomic mass is 10.0. The van der Waals surface area contributed by atoms with E-state index in [9.17, 15) is 4.79 Å². The zero-order valence-electron chi connectivity index (χ0n) is 9.42. The number of nitrogens with one attached hydrogen (secondary N) is 1. The molecule has 18 heavy (non-hydrogen) atoms. The van der Waals surface area contributed by atoms with Crippen molar-refractivity contribution in [2.75, 3.05) is 5.32 Å². The van der Waals surface area contributed by atoms with Gasteiger partial charge in [-0.1, -0.05) is 24.3 Å². The monoisotopic (exact) mass is 238 g/mol. The van der Waals surface area contributed by atoms with Crippen molar-refractivity contribution in [3.63, 3.8) is 0 Å². The number of amides is 1. The maximum atomic E-state index is 10.6. The Bertz CT molecular complexity index is 612. The Balaban J connectivity index is 2.32. The fraction of sp³-hybridized carbons (Fsp3) is 0. The van der Waals surface area contributed by atoms with Crippen molar-refractivity contribution in [3.8, 4) is 17.2 Å². The standard InChI is InChI=1S/C14H10N2O2/c15-9-10-4-6-11(7-5-10)12-2-1-3-13(8-12)16-14(17)18/h1-8,16H,(H,17,18). The second kappa shape index (κ2) is 5.02. The van der Waals surface area contributed by atoms with E-state index >= 15 is 0 Å². The molecule has 0 radical (unpaired) electrons. The zero-order valence-corrected chi connectivity index (χ0v) is 9.42. The van der Waals surface area contributed by atoms with Crippen molar-refractivity contribution in [3.05, 3.63) is 54.1 Å². The lowest BCUT2D eigenvalue weighted by molar-refractivity contribution is 0.210. The van der Waals surface area contributed by atoms with Crippen LogP contribution in [0.3, 0.4) is 0 Å². The number of nitrogens with zero attached hydrogens (tertiary/aromatic N) is 1. The van der Waals surface area contributed by atoms with Gasteiger partial charge in [0.25, 0.3) is 0 Å². The minimum Gasteiger partial charge on any atom is -0.465 e. The lowest BCUT2D eigenvalue weighted by Crippen LogP contribution is -2.06. The van der Waals surface area contributed by atoms with Gasteiger partial charge in [-0.3, -0.25) is 5.32 Å². The second-order valence-corrected chi connectivity index (χ2v) is 3.70. The quantitative estimate of drug-likeness (QED) is 0.842. The van der Waals surface area contributed by atoms with E-state index in [0.717, 1.165) is 11.1 Å². The van der Waals surface area contributed by atoms with Crippen LogP contribution in [-0.2, 0) is 0 Å². The number of carbonyl (C=O) groups is 1. The highest BCUT2D eigenvalue weighted by Crippen LogP contribution is 2.22. The molecular weight excluding hydrogens is 228 g/mol. The molecule has 0 bridgehead atoms. The van der Waals surface area contributed by atoms with Gasteiger partial charge in [0.1, 0.15) is 0 Å². The number of hydrogen-bond acceptors (Lipinski definition) is 2. The number of benzene rings is 2. The van der Waals surface area contributed by atoms with Crippen LogP contribution in [-0.4, -0.2) is 11.2 Å². The predicted octanol–water partition coefficient (Wildman–Crippen LogP) is 3.32. The first-order valence-corrected chi connectivity index (χ1v) is 5.29. The number of hydrogen-bond donors (Lipinski definition) is 2. The van der Waals surface area contributed by atoms with Crippen LogP contribution < -0.4 is 5.32 Å². The fourth-order valence-electron chi connectivity index (χ4n) is 1.64. The fourth-order valence-corrected chi connectivity index (χ4v) is 1.64. The molecule has 0 saturated heterocycles. The molecule has 4 heteroatoms. The van der Waals surface area contributed by atoms with Gasteiger partial charge in [-0.2, -0.15) is 5.26 Å². The Kier molecular flexibility index (Phi) is 3.26. The van der Waals surface area contributed by atoms with Gasteiger partial charge >= 0.3 is 6.09 Å². The summed E-state index contributed by atoms with van der Waals surface area (Å²) in [7, 11) is 0. The number of anilines is 1. The van der Waals surface area contributed by atoms with Gasteiger partial charge in [-0.15, -0.1) is 0 Å². The summed E-state index contributed by atoms with van der Waals surface area (Å²) in [5, 5.41) is 19.7. The second-order valence-electron chi connectivity index (χ2n) is 3.70. The third-order valence-electron chi connectivity index (χ3n) is 2.46. The minimum absolute atomic E-state index is 0.518. The zero-order chi connectivity index (χ0) is 13.0. The summed E-state index contributed by atoms with van der Waals surface area (Å²) in [6, 6.07) is 16.3. The van der Waals surface area contributed by atoms with Gasteiger partial charge in [0.2, 0.25) is 0 Å². The average molecular weight is 238 g/mol. The molecule has 0 saturated carbocycles. The molecule has 4 nitrogen and oxygen atoms in total. The molecule has 2 aromatic carbocycles. The largest absolute Gasteiger partial charge is 0.465 e. The molecule has 88 valence electrons. The summed E-state index contributed by atoms with van der Waals surface area (Å²) in [4.78, 5) is 10.6. The topological polar surface area (TPSA) is 73.1 Å². The Morgan fingerprint density at radius 3 is 2.44 bits per heavy atom. The first-order valence-electron chi connectivity index (χ1n) is 5.29. The van der Waals surface area contributed by atoms with E-state index in [4.69, 9.17) is 10.4 Å². The highest BCUT2D eigenvalue weighted by atomic mass is 16.4. The maximum Gasteiger partial charge on any atom is 0.409 e. The van der Waals surface area contributed by atoms with Crippen LogP contribution in [0.15, 0.2) is 48.5 Å². The highest BCUT2D eigenvalue weighted by Gasteiger charge is 2.01.